The highest BCUT2D eigenvalue weighted by atomic mass is 32.2. The van der Waals surface area contributed by atoms with E-state index < -0.39 is 11.2 Å². The van der Waals surface area contributed by atoms with Gasteiger partial charge in [0.15, 0.2) is 17.8 Å². The Kier molecular flexibility index (Phi) is 6.45. The van der Waals surface area contributed by atoms with Crippen molar-refractivity contribution in [3.63, 3.8) is 0 Å². The number of unbranched alkanes of at least 4 members (excludes halogenated alkanes) is 1. The number of benzene rings is 1. The standard InChI is InChI=1S/C21H24N6O4S/c1-4-5-9-27-18-17(19(28)23-20(27)29)26(3)15(22-18)12-32-21-25-24-16(31-21)11-30-14-8-6-7-13(2)10-14/h6-8,10H,4-5,9,11-12H2,1-3H3,(H,23,28,29). The molecule has 0 aliphatic heterocycles. The second kappa shape index (κ2) is 9.43. The molecule has 0 amide bonds. The third kappa shape index (κ3) is 4.62. The number of ether oxygens (including phenoxy) is 1. The lowest BCUT2D eigenvalue weighted by atomic mass is 10.2. The Morgan fingerprint density at radius 1 is 1.25 bits per heavy atom. The maximum Gasteiger partial charge on any atom is 0.330 e. The second-order valence-electron chi connectivity index (χ2n) is 7.38. The van der Waals surface area contributed by atoms with Crippen molar-refractivity contribution in [2.75, 3.05) is 0 Å². The van der Waals surface area contributed by atoms with Gasteiger partial charge in [-0.1, -0.05) is 37.2 Å². The summed E-state index contributed by atoms with van der Waals surface area (Å²) >= 11 is 1.30. The molecule has 0 atom stereocenters. The normalized spacial score (nSPS) is 11.3. The number of hydrogen-bond acceptors (Lipinski definition) is 8. The van der Waals surface area contributed by atoms with Gasteiger partial charge in [0.2, 0.25) is 0 Å². The Morgan fingerprint density at radius 2 is 2.09 bits per heavy atom. The van der Waals surface area contributed by atoms with E-state index in [1.165, 1.54) is 16.3 Å². The van der Waals surface area contributed by atoms with Gasteiger partial charge < -0.3 is 13.7 Å². The topological polar surface area (TPSA) is 121 Å². The molecule has 168 valence electrons. The number of imidazole rings is 1. The number of rotatable bonds is 9. The first kappa shape index (κ1) is 21.9. The average Bonchev–Trinajstić information content (AvgIpc) is 3.35. The van der Waals surface area contributed by atoms with Crippen molar-refractivity contribution in [2.45, 2.75) is 50.8 Å². The largest absolute Gasteiger partial charge is 0.484 e. The molecule has 0 aliphatic carbocycles. The minimum atomic E-state index is -0.447. The summed E-state index contributed by atoms with van der Waals surface area (Å²) in [5.41, 5.74) is 0.976. The van der Waals surface area contributed by atoms with Crippen LogP contribution in [-0.4, -0.2) is 29.3 Å². The fourth-order valence-corrected chi connectivity index (χ4v) is 4.04. The fraction of sp³-hybridized carbons (Fsp3) is 0.381. The Morgan fingerprint density at radius 3 is 2.88 bits per heavy atom. The summed E-state index contributed by atoms with van der Waals surface area (Å²) in [5, 5.41) is 8.43. The van der Waals surface area contributed by atoms with Crippen LogP contribution in [0.15, 0.2) is 43.5 Å². The molecular weight excluding hydrogens is 432 g/mol. The van der Waals surface area contributed by atoms with Crippen LogP contribution in [0.5, 0.6) is 5.75 Å². The number of nitrogens with zero attached hydrogens (tertiary/aromatic N) is 5. The quantitative estimate of drug-likeness (QED) is 0.382. The van der Waals surface area contributed by atoms with E-state index in [4.69, 9.17) is 9.15 Å². The molecule has 0 unspecified atom stereocenters. The van der Waals surface area contributed by atoms with Crippen molar-refractivity contribution in [2.24, 2.45) is 7.05 Å². The molecule has 0 spiro atoms. The predicted molar refractivity (Wildman–Crippen MR) is 120 cm³/mol. The summed E-state index contributed by atoms with van der Waals surface area (Å²) in [4.78, 5) is 31.6. The molecule has 4 rings (SSSR count). The molecule has 1 aromatic carbocycles. The first-order valence-corrected chi connectivity index (χ1v) is 11.3. The minimum Gasteiger partial charge on any atom is -0.484 e. The SMILES string of the molecule is CCCCn1c(=O)[nH]c(=O)c2c1nc(CSc1nnc(COc3cccc(C)c3)o1)n2C. The fourth-order valence-electron chi connectivity index (χ4n) is 3.28. The van der Waals surface area contributed by atoms with Crippen molar-refractivity contribution in [3.05, 3.63) is 62.4 Å². The number of aryl methyl sites for hydroxylation is 3. The third-order valence-electron chi connectivity index (χ3n) is 4.97. The number of H-pyrrole nitrogens is 1. The Balaban J connectivity index is 1.47. The van der Waals surface area contributed by atoms with Gasteiger partial charge in [-0.15, -0.1) is 10.2 Å². The maximum atomic E-state index is 12.4. The summed E-state index contributed by atoms with van der Waals surface area (Å²) in [6.07, 6.45) is 1.74. The summed E-state index contributed by atoms with van der Waals surface area (Å²) in [6, 6.07) is 7.71. The molecule has 0 radical (unpaired) electrons. The Hall–Kier alpha value is -3.34. The lowest BCUT2D eigenvalue weighted by molar-refractivity contribution is 0.252. The van der Waals surface area contributed by atoms with E-state index in [0.717, 1.165) is 24.2 Å². The van der Waals surface area contributed by atoms with Gasteiger partial charge in [0, 0.05) is 13.6 Å². The molecule has 4 aromatic rings. The zero-order valence-corrected chi connectivity index (χ0v) is 18.9. The van der Waals surface area contributed by atoms with Crippen LogP contribution >= 0.6 is 11.8 Å². The molecule has 0 saturated carbocycles. The molecule has 11 heteroatoms. The molecule has 1 N–H and O–H groups in total. The van der Waals surface area contributed by atoms with E-state index in [0.29, 0.717) is 40.4 Å². The summed E-state index contributed by atoms with van der Waals surface area (Å²) < 4.78 is 14.5. The highest BCUT2D eigenvalue weighted by Crippen LogP contribution is 2.23. The zero-order valence-electron chi connectivity index (χ0n) is 18.1. The molecule has 10 nitrogen and oxygen atoms in total. The summed E-state index contributed by atoms with van der Waals surface area (Å²) in [6.45, 7) is 4.70. The predicted octanol–water partition coefficient (Wildman–Crippen LogP) is 2.79. The van der Waals surface area contributed by atoms with E-state index in [2.05, 4.69) is 20.2 Å². The molecule has 0 fully saturated rings. The molecule has 3 heterocycles. The van der Waals surface area contributed by atoms with Crippen molar-refractivity contribution in [1.82, 2.24) is 29.3 Å². The van der Waals surface area contributed by atoms with Crippen LogP contribution in [-0.2, 0) is 26.0 Å². The third-order valence-corrected chi connectivity index (χ3v) is 5.78. The van der Waals surface area contributed by atoms with E-state index >= 15 is 0 Å². The molecule has 32 heavy (non-hydrogen) atoms. The first-order chi connectivity index (χ1) is 15.5. The lowest BCUT2D eigenvalue weighted by Gasteiger charge is -2.04. The van der Waals surface area contributed by atoms with Crippen LogP contribution < -0.4 is 16.0 Å². The van der Waals surface area contributed by atoms with Crippen molar-refractivity contribution >= 4 is 22.9 Å². The van der Waals surface area contributed by atoms with Gasteiger partial charge in [-0.25, -0.2) is 9.78 Å². The lowest BCUT2D eigenvalue weighted by Crippen LogP contribution is -2.31. The van der Waals surface area contributed by atoms with Crippen LogP contribution in [0.4, 0.5) is 0 Å². The minimum absolute atomic E-state index is 0.169. The van der Waals surface area contributed by atoms with Crippen molar-refractivity contribution in [3.8, 4) is 5.75 Å². The van der Waals surface area contributed by atoms with Gasteiger partial charge in [-0.3, -0.25) is 14.3 Å². The van der Waals surface area contributed by atoms with E-state index in [9.17, 15) is 9.59 Å². The van der Waals surface area contributed by atoms with Gasteiger partial charge in [-0.05, 0) is 31.0 Å². The smallest absolute Gasteiger partial charge is 0.330 e. The van der Waals surface area contributed by atoms with Crippen LogP contribution in [0.25, 0.3) is 11.2 Å². The highest BCUT2D eigenvalue weighted by molar-refractivity contribution is 7.98. The van der Waals surface area contributed by atoms with Gasteiger partial charge in [-0.2, -0.15) is 0 Å². The van der Waals surface area contributed by atoms with Crippen LogP contribution in [0.3, 0.4) is 0 Å². The van der Waals surface area contributed by atoms with Gasteiger partial charge in [0.1, 0.15) is 11.6 Å². The van der Waals surface area contributed by atoms with Gasteiger partial charge in [0.05, 0.1) is 5.75 Å². The summed E-state index contributed by atoms with van der Waals surface area (Å²) in [5.74, 6) is 2.12. The number of fused-ring (bicyclic) bond motifs is 1. The van der Waals surface area contributed by atoms with E-state index in [-0.39, 0.29) is 6.61 Å². The van der Waals surface area contributed by atoms with E-state index in [1.807, 2.05) is 38.1 Å². The second-order valence-corrected chi connectivity index (χ2v) is 8.31. The number of thioether (sulfide) groups is 1. The maximum absolute atomic E-state index is 12.4. The molecule has 0 bridgehead atoms. The Labute approximate surface area is 187 Å². The zero-order chi connectivity index (χ0) is 22.7. The van der Waals surface area contributed by atoms with Crippen molar-refractivity contribution < 1.29 is 9.15 Å². The first-order valence-electron chi connectivity index (χ1n) is 10.3. The number of hydrogen-bond donors (Lipinski definition) is 1. The number of aromatic nitrogens is 6. The molecule has 0 aliphatic rings. The highest BCUT2D eigenvalue weighted by Gasteiger charge is 2.17. The summed E-state index contributed by atoms with van der Waals surface area (Å²) in [7, 11) is 1.75. The van der Waals surface area contributed by atoms with Gasteiger partial charge in [0.25, 0.3) is 16.7 Å². The number of nitrogens with one attached hydrogen (secondary N) is 1. The monoisotopic (exact) mass is 456 g/mol. The van der Waals surface area contributed by atoms with Crippen LogP contribution in [0.2, 0.25) is 0 Å². The number of aromatic amines is 1. The van der Waals surface area contributed by atoms with Gasteiger partial charge >= 0.3 is 5.69 Å². The van der Waals surface area contributed by atoms with Crippen LogP contribution in [0.1, 0.15) is 37.0 Å². The molecule has 0 saturated heterocycles. The molecule has 3 aromatic heterocycles. The van der Waals surface area contributed by atoms with Crippen LogP contribution in [0, 0.1) is 6.92 Å². The van der Waals surface area contributed by atoms with E-state index in [1.54, 1.807) is 11.6 Å². The average molecular weight is 457 g/mol. The molecular formula is C21H24N6O4S. The van der Waals surface area contributed by atoms with Crippen molar-refractivity contribution in [1.29, 1.82) is 0 Å². The Bertz CT molecular complexity index is 1350.